The summed E-state index contributed by atoms with van der Waals surface area (Å²) < 4.78 is 5.41. The molecule has 0 unspecified atom stereocenters. The zero-order valence-corrected chi connectivity index (χ0v) is 14.5. The van der Waals surface area contributed by atoms with Gasteiger partial charge in [-0.2, -0.15) is 0 Å². The Hall–Kier alpha value is -1.31. The Morgan fingerprint density at radius 3 is 2.18 bits per heavy atom. The normalized spacial score (nSPS) is 22.4. The molecule has 0 spiro atoms. The minimum absolute atomic E-state index is 0.231. The van der Waals surface area contributed by atoms with Crippen molar-refractivity contribution in [2.24, 2.45) is 5.92 Å². The van der Waals surface area contributed by atoms with Gasteiger partial charge < -0.3 is 4.74 Å². The van der Waals surface area contributed by atoms with Gasteiger partial charge in [-0.05, 0) is 76.0 Å². The smallest absolute Gasteiger partial charge is 0.338 e. The van der Waals surface area contributed by atoms with E-state index in [-0.39, 0.29) is 5.97 Å². The quantitative estimate of drug-likeness (QED) is 0.665. The summed E-state index contributed by atoms with van der Waals surface area (Å²) in [5.41, 5.74) is 1.59. The molecule has 0 N–H and O–H groups in total. The molecule has 1 aliphatic rings. The molecule has 22 heavy (non-hydrogen) atoms. The van der Waals surface area contributed by atoms with Gasteiger partial charge in [0.15, 0.2) is 0 Å². The maximum atomic E-state index is 12.0. The Labute approximate surface area is 135 Å². The lowest BCUT2D eigenvalue weighted by molar-refractivity contribution is 0.00695. The highest BCUT2D eigenvalue weighted by Crippen LogP contribution is 2.37. The summed E-state index contributed by atoms with van der Waals surface area (Å²) >= 11 is 0. The highest BCUT2D eigenvalue weighted by molar-refractivity contribution is 5.89. The van der Waals surface area contributed by atoms with E-state index in [1.54, 1.807) is 0 Å². The van der Waals surface area contributed by atoms with Crippen molar-refractivity contribution in [3.05, 3.63) is 35.4 Å². The summed E-state index contributed by atoms with van der Waals surface area (Å²) in [6, 6.07) is 8.07. The first-order valence-electron chi connectivity index (χ1n) is 8.72. The number of carbonyl (C=O) groups excluding carboxylic acids is 1. The van der Waals surface area contributed by atoms with Crippen molar-refractivity contribution in [3.8, 4) is 0 Å². The van der Waals surface area contributed by atoms with Gasteiger partial charge in [-0.15, -0.1) is 0 Å². The molecule has 0 bridgehead atoms. The number of ether oxygens (including phenoxy) is 1. The zero-order chi connectivity index (χ0) is 16.2. The average Bonchev–Trinajstić information content (AvgIpc) is 2.47. The van der Waals surface area contributed by atoms with Crippen LogP contribution in [0, 0.1) is 5.92 Å². The van der Waals surface area contributed by atoms with E-state index >= 15 is 0 Å². The molecule has 0 radical (unpaired) electrons. The molecule has 1 saturated carbocycles. The zero-order valence-electron chi connectivity index (χ0n) is 14.5. The molecular weight excluding hydrogens is 272 g/mol. The van der Waals surface area contributed by atoms with Crippen molar-refractivity contribution in [1.29, 1.82) is 0 Å². The van der Waals surface area contributed by atoms with E-state index in [0.29, 0.717) is 11.5 Å². The Kier molecular flexibility index (Phi) is 5.66. The van der Waals surface area contributed by atoms with Crippen LogP contribution in [0.1, 0.15) is 88.1 Å². The highest BCUT2D eigenvalue weighted by atomic mass is 16.6. The van der Waals surface area contributed by atoms with E-state index in [1.807, 2.05) is 32.9 Å². The van der Waals surface area contributed by atoms with Crippen LogP contribution in [-0.4, -0.2) is 11.6 Å². The van der Waals surface area contributed by atoms with Crippen LogP contribution in [-0.2, 0) is 4.74 Å². The van der Waals surface area contributed by atoms with Gasteiger partial charge in [0.05, 0.1) is 5.56 Å². The van der Waals surface area contributed by atoms with Crippen molar-refractivity contribution in [2.45, 2.75) is 77.7 Å². The molecular formula is C20H30O2. The summed E-state index contributed by atoms with van der Waals surface area (Å²) in [6.45, 7) is 7.97. The molecule has 0 atom stereocenters. The van der Waals surface area contributed by atoms with Crippen molar-refractivity contribution in [2.75, 3.05) is 0 Å². The fourth-order valence-electron chi connectivity index (χ4n) is 3.42. The molecule has 0 aromatic heterocycles. The monoisotopic (exact) mass is 302 g/mol. The maximum absolute atomic E-state index is 12.0. The van der Waals surface area contributed by atoms with Gasteiger partial charge >= 0.3 is 5.97 Å². The van der Waals surface area contributed by atoms with Crippen molar-refractivity contribution >= 4 is 5.97 Å². The topological polar surface area (TPSA) is 26.3 Å². The van der Waals surface area contributed by atoms with E-state index < -0.39 is 5.60 Å². The Morgan fingerprint density at radius 2 is 1.68 bits per heavy atom. The lowest BCUT2D eigenvalue weighted by Crippen LogP contribution is -2.23. The van der Waals surface area contributed by atoms with Crippen molar-refractivity contribution in [3.63, 3.8) is 0 Å². The van der Waals surface area contributed by atoms with Crippen LogP contribution in [0.3, 0.4) is 0 Å². The van der Waals surface area contributed by atoms with Gasteiger partial charge in [-0.25, -0.2) is 4.79 Å². The first kappa shape index (κ1) is 17.1. The lowest BCUT2D eigenvalue weighted by Gasteiger charge is -2.28. The van der Waals surface area contributed by atoms with Crippen LogP contribution in [0.15, 0.2) is 24.3 Å². The second kappa shape index (κ2) is 7.30. The molecule has 2 heteroatoms. The summed E-state index contributed by atoms with van der Waals surface area (Å²) in [5.74, 6) is 1.37. The molecule has 0 saturated heterocycles. The van der Waals surface area contributed by atoms with Crippen LogP contribution in [0.5, 0.6) is 0 Å². The van der Waals surface area contributed by atoms with Crippen LogP contribution >= 0.6 is 0 Å². The number of benzene rings is 1. The van der Waals surface area contributed by atoms with Crippen LogP contribution < -0.4 is 0 Å². The molecule has 0 heterocycles. The molecule has 0 aliphatic heterocycles. The van der Waals surface area contributed by atoms with E-state index in [1.165, 1.54) is 44.1 Å². The number of esters is 1. The number of carbonyl (C=O) groups is 1. The van der Waals surface area contributed by atoms with Crippen molar-refractivity contribution < 1.29 is 9.53 Å². The highest BCUT2D eigenvalue weighted by Gasteiger charge is 2.22. The molecule has 122 valence electrons. The van der Waals surface area contributed by atoms with Crippen LogP contribution in [0.2, 0.25) is 0 Å². The van der Waals surface area contributed by atoms with Gasteiger partial charge in [0, 0.05) is 0 Å². The minimum atomic E-state index is -0.437. The molecule has 1 aliphatic carbocycles. The lowest BCUT2D eigenvalue weighted by atomic mass is 9.77. The fraction of sp³-hybridized carbons (Fsp3) is 0.650. The minimum Gasteiger partial charge on any atom is -0.456 e. The Balaban J connectivity index is 1.94. The van der Waals surface area contributed by atoms with Crippen molar-refractivity contribution in [1.82, 2.24) is 0 Å². The largest absolute Gasteiger partial charge is 0.456 e. The summed E-state index contributed by atoms with van der Waals surface area (Å²) in [4.78, 5) is 12.0. The maximum Gasteiger partial charge on any atom is 0.338 e. The average molecular weight is 302 g/mol. The second-order valence-electron chi connectivity index (χ2n) is 7.63. The van der Waals surface area contributed by atoms with Gasteiger partial charge in [0.25, 0.3) is 0 Å². The molecule has 2 rings (SSSR count). The summed E-state index contributed by atoms with van der Waals surface area (Å²) in [7, 11) is 0. The van der Waals surface area contributed by atoms with E-state index in [4.69, 9.17) is 4.74 Å². The number of hydrogen-bond donors (Lipinski definition) is 0. The molecule has 1 aromatic carbocycles. The first-order valence-corrected chi connectivity index (χ1v) is 8.72. The van der Waals surface area contributed by atoms with Gasteiger partial charge in [0.1, 0.15) is 5.60 Å². The molecule has 0 amide bonds. The number of rotatable bonds is 4. The molecule has 2 nitrogen and oxygen atoms in total. The van der Waals surface area contributed by atoms with E-state index in [2.05, 4.69) is 19.1 Å². The third-order valence-corrected chi connectivity index (χ3v) is 4.56. The third-order valence-electron chi connectivity index (χ3n) is 4.56. The first-order chi connectivity index (χ1) is 10.4. The fourth-order valence-corrected chi connectivity index (χ4v) is 3.42. The van der Waals surface area contributed by atoms with Crippen LogP contribution in [0.25, 0.3) is 0 Å². The van der Waals surface area contributed by atoms with Crippen LogP contribution in [0.4, 0.5) is 0 Å². The standard InChI is InChI=1S/C20H30O2/c1-5-6-15-7-9-16(10-8-15)17-11-13-18(14-12-17)19(21)22-20(2,3)4/h11-16H,5-10H2,1-4H3. The van der Waals surface area contributed by atoms with Gasteiger partial charge in [-0.1, -0.05) is 31.9 Å². The molecule has 1 aromatic rings. The van der Waals surface area contributed by atoms with Gasteiger partial charge in [-0.3, -0.25) is 0 Å². The summed E-state index contributed by atoms with van der Waals surface area (Å²) in [6.07, 6.45) is 7.97. The van der Waals surface area contributed by atoms with Gasteiger partial charge in [0.2, 0.25) is 0 Å². The molecule has 1 fully saturated rings. The number of hydrogen-bond acceptors (Lipinski definition) is 2. The van der Waals surface area contributed by atoms with E-state index in [0.717, 1.165) is 5.92 Å². The Morgan fingerprint density at radius 1 is 1.09 bits per heavy atom. The van der Waals surface area contributed by atoms with E-state index in [9.17, 15) is 4.79 Å². The SMILES string of the molecule is CCCC1CCC(c2ccc(C(=O)OC(C)(C)C)cc2)CC1. The summed E-state index contributed by atoms with van der Waals surface area (Å²) in [5, 5.41) is 0. The third kappa shape index (κ3) is 4.86. The second-order valence-corrected chi connectivity index (χ2v) is 7.63. The predicted molar refractivity (Wildman–Crippen MR) is 91.2 cm³/mol. The Bertz CT molecular complexity index is 473. The predicted octanol–water partition coefficient (Wildman–Crippen LogP) is 5.72.